The molecule has 106 valence electrons. The van der Waals surface area contributed by atoms with E-state index in [9.17, 15) is 4.39 Å². The predicted octanol–water partition coefficient (Wildman–Crippen LogP) is 6.16. The molecule has 0 unspecified atom stereocenters. The van der Waals surface area contributed by atoms with Gasteiger partial charge in [0.2, 0.25) is 0 Å². The first-order chi connectivity index (χ1) is 9.40. The van der Waals surface area contributed by atoms with Crippen LogP contribution in [0.1, 0.15) is 0 Å². The Bertz CT molecular complexity index is 663. The Morgan fingerprint density at radius 3 is 1.90 bits per heavy atom. The first-order valence-corrected chi connectivity index (χ1v) is 6.98. The molecule has 0 atom stereocenters. The Morgan fingerprint density at radius 1 is 0.900 bits per heavy atom. The quantitative estimate of drug-likeness (QED) is 0.463. The molecule has 20 heavy (non-hydrogen) atoms. The lowest BCUT2D eigenvalue weighted by molar-refractivity contribution is 0.387. The molecule has 2 nitrogen and oxygen atoms in total. The molecule has 0 aliphatic carbocycles. The molecule has 1 aromatic heterocycles. The lowest BCUT2D eigenvalue weighted by Crippen LogP contribution is -1.95. The van der Waals surface area contributed by atoms with Gasteiger partial charge in [0.15, 0.2) is 11.6 Å². The molecule has 1 aromatic carbocycles. The fraction of sp³-hybridized carbons (Fsp3) is 0.0833. The molecule has 0 aliphatic heterocycles. The van der Waals surface area contributed by atoms with Gasteiger partial charge in [-0.15, -0.1) is 0 Å². The minimum atomic E-state index is -0.667. The van der Waals surface area contributed by atoms with Crippen LogP contribution >= 0.6 is 58.0 Å². The Labute approximate surface area is 139 Å². The van der Waals surface area contributed by atoms with Crippen LogP contribution in [0.15, 0.2) is 12.4 Å². The Morgan fingerprint density at radius 2 is 1.40 bits per heavy atom. The maximum atomic E-state index is 13.7. The van der Waals surface area contributed by atoms with E-state index in [0.717, 1.165) is 6.20 Å². The molecule has 8 heteroatoms. The van der Waals surface area contributed by atoms with Crippen LogP contribution < -0.4 is 4.74 Å². The predicted molar refractivity (Wildman–Crippen MR) is 81.2 cm³/mol. The van der Waals surface area contributed by atoms with E-state index < -0.39 is 5.82 Å². The van der Waals surface area contributed by atoms with Gasteiger partial charge >= 0.3 is 0 Å². The molecule has 0 N–H and O–H groups in total. The summed E-state index contributed by atoms with van der Waals surface area (Å²) >= 11 is 30.1. The number of aromatic nitrogens is 1. The highest BCUT2D eigenvalue weighted by Gasteiger charge is 2.24. The number of nitrogens with zero attached hydrogens (tertiary/aromatic N) is 1. The van der Waals surface area contributed by atoms with Crippen molar-refractivity contribution in [2.45, 2.75) is 0 Å². The van der Waals surface area contributed by atoms with Gasteiger partial charge < -0.3 is 4.74 Å². The third-order valence-electron chi connectivity index (χ3n) is 2.54. The van der Waals surface area contributed by atoms with Crippen molar-refractivity contribution in [2.24, 2.45) is 0 Å². The van der Waals surface area contributed by atoms with E-state index in [2.05, 4.69) is 4.98 Å². The lowest BCUT2D eigenvalue weighted by Gasteiger charge is -2.15. The van der Waals surface area contributed by atoms with Gasteiger partial charge in [0, 0.05) is 17.3 Å². The first-order valence-electron chi connectivity index (χ1n) is 5.09. The number of hydrogen-bond acceptors (Lipinski definition) is 2. The van der Waals surface area contributed by atoms with Crippen molar-refractivity contribution < 1.29 is 9.13 Å². The van der Waals surface area contributed by atoms with Crippen LogP contribution in [0.2, 0.25) is 25.1 Å². The number of hydrogen-bond donors (Lipinski definition) is 0. The van der Waals surface area contributed by atoms with Crippen molar-refractivity contribution in [1.29, 1.82) is 0 Å². The summed E-state index contributed by atoms with van der Waals surface area (Å²) in [5, 5.41) is 0.136. The molecular formula is C12H5Cl5FNO. The van der Waals surface area contributed by atoms with Crippen LogP contribution in [-0.2, 0) is 0 Å². The minimum absolute atomic E-state index is 0.0176. The van der Waals surface area contributed by atoms with Gasteiger partial charge in [0.05, 0.1) is 38.4 Å². The van der Waals surface area contributed by atoms with Crippen LogP contribution in [0.5, 0.6) is 5.75 Å². The number of pyridine rings is 1. The second-order valence-electron chi connectivity index (χ2n) is 3.65. The second-order valence-corrected chi connectivity index (χ2v) is 5.54. The largest absolute Gasteiger partial charge is 0.493 e. The molecule has 0 spiro atoms. The third-order valence-corrected chi connectivity index (χ3v) is 4.81. The first kappa shape index (κ1) is 15.9. The fourth-order valence-corrected chi connectivity index (χ4v) is 2.99. The monoisotopic (exact) mass is 373 g/mol. The van der Waals surface area contributed by atoms with Gasteiger partial charge in [-0.1, -0.05) is 58.0 Å². The van der Waals surface area contributed by atoms with Gasteiger partial charge in [0.1, 0.15) is 0 Å². The maximum Gasteiger partial charge on any atom is 0.183 e. The number of methoxy groups -OCH3 is 1. The van der Waals surface area contributed by atoms with Crippen LogP contribution in [0.4, 0.5) is 4.39 Å². The Hall–Kier alpha value is -0.450. The second kappa shape index (κ2) is 6.12. The van der Waals surface area contributed by atoms with Crippen molar-refractivity contribution in [3.8, 4) is 16.9 Å². The lowest BCUT2D eigenvalue weighted by atomic mass is 10.1. The van der Waals surface area contributed by atoms with Crippen LogP contribution in [0, 0.1) is 5.82 Å². The average Bonchev–Trinajstić information content (AvgIpc) is 2.43. The van der Waals surface area contributed by atoms with Crippen molar-refractivity contribution in [3.05, 3.63) is 43.3 Å². The Kier molecular flexibility index (Phi) is 4.88. The highest BCUT2D eigenvalue weighted by molar-refractivity contribution is 6.56. The normalized spacial score (nSPS) is 10.8. The zero-order valence-electron chi connectivity index (χ0n) is 9.78. The third kappa shape index (κ3) is 2.53. The number of benzene rings is 1. The molecule has 2 rings (SSSR count). The number of ether oxygens (including phenoxy) is 1. The van der Waals surface area contributed by atoms with Crippen molar-refractivity contribution in [2.75, 3.05) is 7.11 Å². The molecular weight excluding hydrogens is 370 g/mol. The number of halogens is 6. The van der Waals surface area contributed by atoms with E-state index in [1.807, 2.05) is 0 Å². The summed E-state index contributed by atoms with van der Waals surface area (Å²) in [6.45, 7) is 0. The summed E-state index contributed by atoms with van der Waals surface area (Å²) < 4.78 is 18.7. The van der Waals surface area contributed by atoms with Crippen LogP contribution in [0.25, 0.3) is 11.1 Å². The van der Waals surface area contributed by atoms with E-state index in [1.165, 1.54) is 13.3 Å². The molecule has 0 bridgehead atoms. The van der Waals surface area contributed by atoms with Gasteiger partial charge in [-0.2, -0.15) is 0 Å². The van der Waals surface area contributed by atoms with Crippen molar-refractivity contribution >= 4 is 58.0 Å². The highest BCUT2D eigenvalue weighted by Crippen LogP contribution is 2.50. The molecule has 0 saturated carbocycles. The molecule has 0 fully saturated rings. The minimum Gasteiger partial charge on any atom is -0.493 e. The highest BCUT2D eigenvalue weighted by atomic mass is 35.5. The van der Waals surface area contributed by atoms with Crippen molar-refractivity contribution in [1.82, 2.24) is 4.98 Å². The van der Waals surface area contributed by atoms with E-state index in [0.29, 0.717) is 0 Å². The zero-order valence-corrected chi connectivity index (χ0v) is 13.6. The average molecular weight is 375 g/mol. The van der Waals surface area contributed by atoms with E-state index in [-0.39, 0.29) is 42.0 Å². The summed E-state index contributed by atoms with van der Waals surface area (Å²) in [5.74, 6) is -0.738. The van der Waals surface area contributed by atoms with Crippen molar-refractivity contribution in [3.63, 3.8) is 0 Å². The van der Waals surface area contributed by atoms with Gasteiger partial charge in [-0.25, -0.2) is 4.39 Å². The van der Waals surface area contributed by atoms with E-state index in [4.69, 9.17) is 62.7 Å². The molecule has 1 heterocycles. The topological polar surface area (TPSA) is 22.1 Å². The number of rotatable bonds is 2. The molecule has 0 amide bonds. The molecule has 0 aliphatic rings. The Balaban J connectivity index is 2.87. The van der Waals surface area contributed by atoms with Crippen LogP contribution in [0.3, 0.4) is 0 Å². The molecule has 0 radical (unpaired) electrons. The molecule has 2 aromatic rings. The standard InChI is InChI=1S/C12H5Cl5FNO/c1-20-12-4(2-19-3-5(12)18)6-7(13)9(15)11(17)10(16)8(6)14/h2-3H,1H3. The summed E-state index contributed by atoms with van der Waals surface area (Å²) in [6.07, 6.45) is 2.35. The zero-order chi connectivity index (χ0) is 15.0. The fourth-order valence-electron chi connectivity index (χ4n) is 1.65. The molecule has 0 saturated heterocycles. The maximum absolute atomic E-state index is 13.7. The van der Waals surface area contributed by atoms with Gasteiger partial charge in [-0.3, -0.25) is 4.98 Å². The SMILES string of the molecule is COc1c(F)cncc1-c1c(Cl)c(Cl)c(Cl)c(Cl)c1Cl. The van der Waals surface area contributed by atoms with Gasteiger partial charge in [-0.05, 0) is 0 Å². The van der Waals surface area contributed by atoms with Gasteiger partial charge in [0.25, 0.3) is 0 Å². The van der Waals surface area contributed by atoms with Crippen LogP contribution in [-0.4, -0.2) is 12.1 Å². The van der Waals surface area contributed by atoms with E-state index >= 15 is 0 Å². The summed E-state index contributed by atoms with van der Waals surface area (Å²) in [7, 11) is 1.31. The summed E-state index contributed by atoms with van der Waals surface area (Å²) in [4.78, 5) is 3.74. The van der Waals surface area contributed by atoms with E-state index in [1.54, 1.807) is 0 Å². The summed E-state index contributed by atoms with van der Waals surface area (Å²) in [6, 6.07) is 0. The summed E-state index contributed by atoms with van der Waals surface area (Å²) in [5.41, 5.74) is 0.430. The smallest absolute Gasteiger partial charge is 0.183 e.